The number of fused-ring (bicyclic) bond motifs is 1. The normalized spacial score (nSPS) is 15.7. The molecule has 1 aliphatic rings. The summed E-state index contributed by atoms with van der Waals surface area (Å²) in [5, 5.41) is 9.06. The van der Waals surface area contributed by atoms with Crippen molar-refractivity contribution in [3.05, 3.63) is 64.8 Å². The fourth-order valence-corrected chi connectivity index (χ4v) is 5.41. The van der Waals surface area contributed by atoms with Crippen LogP contribution in [-0.2, 0) is 27.6 Å². The Morgan fingerprint density at radius 1 is 1.10 bits per heavy atom. The van der Waals surface area contributed by atoms with Gasteiger partial charge in [0.15, 0.2) is 5.82 Å². The van der Waals surface area contributed by atoms with Gasteiger partial charge in [-0.05, 0) is 61.1 Å². The smallest absolute Gasteiger partial charge is 0.250 e. The number of aryl methyl sites for hydroxylation is 2. The van der Waals surface area contributed by atoms with Crippen molar-refractivity contribution in [2.75, 3.05) is 38.0 Å². The van der Waals surface area contributed by atoms with Gasteiger partial charge in [-0.2, -0.15) is 4.98 Å². The van der Waals surface area contributed by atoms with Crippen LogP contribution in [0.2, 0.25) is 5.02 Å². The number of anilines is 4. The van der Waals surface area contributed by atoms with E-state index in [4.69, 9.17) is 16.3 Å². The molecule has 1 aliphatic carbocycles. The molecule has 4 rings (SSSR count). The molecule has 2 aromatic carbocycles. The highest BCUT2D eigenvalue weighted by Crippen LogP contribution is 2.31. The molecule has 0 spiro atoms. The molecule has 0 saturated carbocycles. The average Bonchev–Trinajstić information content (AvgIpc) is 3.10. The van der Waals surface area contributed by atoms with Crippen LogP contribution in [0.1, 0.15) is 24.0 Å². The molecule has 3 aromatic rings. The second-order valence-corrected chi connectivity index (χ2v) is 11.8. The van der Waals surface area contributed by atoms with Gasteiger partial charge in [-0.15, -0.1) is 0 Å². The van der Waals surface area contributed by atoms with Crippen LogP contribution in [-0.4, -0.2) is 62.6 Å². The molecule has 0 fully saturated rings. The largest absolute Gasteiger partial charge is 0.363 e. The Morgan fingerprint density at radius 2 is 1.85 bits per heavy atom. The minimum atomic E-state index is -3.70. The summed E-state index contributed by atoms with van der Waals surface area (Å²) in [5.74, 6) is 0.542. The molecule has 0 radical (unpaired) electrons. The van der Waals surface area contributed by atoms with Crippen molar-refractivity contribution >= 4 is 44.8 Å². The number of benzene rings is 2. The molecule has 0 aliphatic heterocycles. The van der Waals surface area contributed by atoms with E-state index in [1.54, 1.807) is 18.2 Å². The summed E-state index contributed by atoms with van der Waals surface area (Å²) in [5.41, 5.74) is 3.51. The van der Waals surface area contributed by atoms with E-state index >= 15 is 0 Å². The quantitative estimate of drug-likeness (QED) is 0.166. The first kappa shape index (κ1) is 29.1. The van der Waals surface area contributed by atoms with E-state index in [2.05, 4.69) is 25.9 Å². The van der Waals surface area contributed by atoms with E-state index in [0.717, 1.165) is 35.7 Å². The van der Waals surface area contributed by atoms with Crippen molar-refractivity contribution < 1.29 is 21.9 Å². The molecular formula is C26H31ClF2N6O3S. The number of sulfonamides is 1. The molecule has 0 amide bonds. The van der Waals surface area contributed by atoms with Crippen molar-refractivity contribution in [1.82, 2.24) is 19.6 Å². The lowest BCUT2D eigenvalue weighted by Crippen LogP contribution is -2.27. The molecule has 0 saturated heterocycles. The van der Waals surface area contributed by atoms with Crippen molar-refractivity contribution in [1.29, 1.82) is 0 Å². The standard InChI is InChI=1S/C26H31ClF2N6O3S/c1-35(2)39(36,37)23-6-4-3-5-22(23)33-25-21(27)14-31-26(34-25)32-19-10-7-17-8-11-20(12-9-18(17)13-19)38-16-30-15-24(28)29/h3-7,10,13-14,20,24,30H,8-9,11-12,15-16H2,1-2H3,(H2,31,32,33,34). The van der Waals surface area contributed by atoms with Crippen molar-refractivity contribution in [2.45, 2.75) is 43.1 Å². The van der Waals surface area contributed by atoms with E-state index in [0.29, 0.717) is 5.69 Å². The van der Waals surface area contributed by atoms with Gasteiger partial charge in [0.2, 0.25) is 16.0 Å². The van der Waals surface area contributed by atoms with Crippen molar-refractivity contribution in [3.63, 3.8) is 0 Å². The zero-order valence-electron chi connectivity index (χ0n) is 21.6. The van der Waals surface area contributed by atoms with Crippen LogP contribution >= 0.6 is 11.6 Å². The Kier molecular flexibility index (Phi) is 9.67. The number of hydrogen-bond donors (Lipinski definition) is 3. The number of nitrogens with one attached hydrogen (secondary N) is 3. The summed E-state index contributed by atoms with van der Waals surface area (Å²) in [7, 11) is -0.767. The maximum absolute atomic E-state index is 12.8. The van der Waals surface area contributed by atoms with Crippen LogP contribution in [0.15, 0.2) is 53.6 Å². The first-order valence-electron chi connectivity index (χ1n) is 12.4. The Labute approximate surface area is 232 Å². The molecule has 210 valence electrons. The highest BCUT2D eigenvalue weighted by Gasteiger charge is 2.22. The van der Waals surface area contributed by atoms with Crippen LogP contribution in [0.5, 0.6) is 0 Å². The Morgan fingerprint density at radius 3 is 2.59 bits per heavy atom. The van der Waals surface area contributed by atoms with Gasteiger partial charge in [0.1, 0.15) is 9.92 Å². The predicted molar refractivity (Wildman–Crippen MR) is 148 cm³/mol. The maximum atomic E-state index is 12.8. The van der Waals surface area contributed by atoms with E-state index in [1.807, 2.05) is 18.2 Å². The summed E-state index contributed by atoms with van der Waals surface area (Å²) in [6.07, 6.45) is 2.25. The van der Waals surface area contributed by atoms with Crippen molar-refractivity contribution in [2.24, 2.45) is 0 Å². The monoisotopic (exact) mass is 580 g/mol. The van der Waals surface area contributed by atoms with E-state index in [-0.39, 0.29) is 41.1 Å². The van der Waals surface area contributed by atoms with Gasteiger partial charge in [0, 0.05) is 19.8 Å². The summed E-state index contributed by atoms with van der Waals surface area (Å²) in [4.78, 5) is 8.84. The number of alkyl halides is 2. The maximum Gasteiger partial charge on any atom is 0.250 e. The lowest BCUT2D eigenvalue weighted by atomic mass is 10.0. The lowest BCUT2D eigenvalue weighted by molar-refractivity contribution is 0.0230. The number of nitrogens with zero attached hydrogens (tertiary/aromatic N) is 3. The van der Waals surface area contributed by atoms with Gasteiger partial charge >= 0.3 is 0 Å². The molecule has 1 unspecified atom stereocenters. The Hall–Kier alpha value is -2.90. The first-order chi connectivity index (χ1) is 18.6. The minimum absolute atomic E-state index is 0.00796. The lowest BCUT2D eigenvalue weighted by Gasteiger charge is -2.16. The third kappa shape index (κ3) is 7.61. The number of rotatable bonds is 11. The molecule has 9 nitrogen and oxygen atoms in total. The van der Waals surface area contributed by atoms with Gasteiger partial charge in [-0.1, -0.05) is 29.8 Å². The van der Waals surface area contributed by atoms with E-state index in [9.17, 15) is 17.2 Å². The first-order valence-corrected chi connectivity index (χ1v) is 14.3. The molecular weight excluding hydrogens is 550 g/mol. The Bertz CT molecular complexity index is 1390. The molecule has 13 heteroatoms. The highest BCUT2D eigenvalue weighted by molar-refractivity contribution is 7.89. The Balaban J connectivity index is 1.45. The number of aromatic nitrogens is 2. The van der Waals surface area contributed by atoms with Gasteiger partial charge in [-0.25, -0.2) is 26.5 Å². The second kappa shape index (κ2) is 13.0. The molecule has 1 aromatic heterocycles. The fraction of sp³-hybridized carbons (Fsp3) is 0.385. The molecule has 0 bridgehead atoms. The van der Waals surface area contributed by atoms with Crippen LogP contribution in [0.3, 0.4) is 0 Å². The SMILES string of the molecule is CN(C)S(=O)(=O)c1ccccc1Nc1nc(Nc2ccc3c(c2)CCC(OCNCC(F)F)CC3)ncc1Cl. The van der Waals surface area contributed by atoms with Gasteiger partial charge in [-0.3, -0.25) is 5.32 Å². The van der Waals surface area contributed by atoms with Crippen LogP contribution < -0.4 is 16.0 Å². The summed E-state index contributed by atoms with van der Waals surface area (Å²) >= 11 is 6.34. The molecule has 1 heterocycles. The zero-order valence-corrected chi connectivity index (χ0v) is 23.2. The van der Waals surface area contributed by atoms with Crippen LogP contribution in [0, 0.1) is 0 Å². The summed E-state index contributed by atoms with van der Waals surface area (Å²) in [6.45, 7) is -0.276. The van der Waals surface area contributed by atoms with E-state index in [1.165, 1.54) is 37.5 Å². The molecule has 3 N–H and O–H groups in total. The van der Waals surface area contributed by atoms with Crippen LogP contribution in [0.25, 0.3) is 0 Å². The summed E-state index contributed by atoms with van der Waals surface area (Å²) in [6, 6.07) is 12.5. The molecule has 39 heavy (non-hydrogen) atoms. The van der Waals surface area contributed by atoms with Gasteiger partial charge in [0.25, 0.3) is 6.43 Å². The second-order valence-electron chi connectivity index (χ2n) is 9.26. The number of hydrogen-bond acceptors (Lipinski definition) is 8. The number of halogens is 3. The predicted octanol–water partition coefficient (Wildman–Crippen LogP) is 4.94. The topological polar surface area (TPSA) is 108 Å². The number of para-hydroxylation sites is 1. The van der Waals surface area contributed by atoms with Gasteiger partial charge in [0.05, 0.1) is 31.3 Å². The summed E-state index contributed by atoms with van der Waals surface area (Å²) < 4.78 is 57.0. The third-order valence-corrected chi connectivity index (χ3v) is 8.45. The zero-order chi connectivity index (χ0) is 28.0. The average molecular weight is 581 g/mol. The van der Waals surface area contributed by atoms with E-state index < -0.39 is 16.4 Å². The highest BCUT2D eigenvalue weighted by atomic mass is 35.5. The van der Waals surface area contributed by atoms with Crippen LogP contribution in [0.4, 0.5) is 31.9 Å². The van der Waals surface area contributed by atoms with Crippen molar-refractivity contribution in [3.8, 4) is 0 Å². The number of ether oxygens (including phenoxy) is 1. The fourth-order valence-electron chi connectivity index (χ4n) is 4.23. The molecule has 1 atom stereocenters. The third-order valence-electron chi connectivity index (χ3n) is 6.30. The minimum Gasteiger partial charge on any atom is -0.363 e. The van der Waals surface area contributed by atoms with Gasteiger partial charge < -0.3 is 15.4 Å².